The summed E-state index contributed by atoms with van der Waals surface area (Å²) in [7, 11) is 0. The van der Waals surface area contributed by atoms with E-state index in [2.05, 4.69) is 10.4 Å². The van der Waals surface area contributed by atoms with E-state index < -0.39 is 11.7 Å². The Bertz CT molecular complexity index is 819. The van der Waals surface area contributed by atoms with Crippen molar-refractivity contribution in [3.63, 3.8) is 0 Å². The van der Waals surface area contributed by atoms with Crippen LogP contribution in [0.4, 0.5) is 10.1 Å². The third-order valence-electron chi connectivity index (χ3n) is 3.77. The minimum Gasteiger partial charge on any atom is -0.324 e. The highest BCUT2D eigenvalue weighted by molar-refractivity contribution is 6.31. The number of amides is 1. The van der Waals surface area contributed by atoms with Crippen molar-refractivity contribution in [2.24, 2.45) is 0 Å². The highest BCUT2D eigenvalue weighted by Gasteiger charge is 2.15. The number of aryl methyl sites for hydroxylation is 2. The molecule has 0 saturated heterocycles. The molecule has 0 radical (unpaired) electrons. The molecule has 0 bridgehead atoms. The highest BCUT2D eigenvalue weighted by atomic mass is 35.5. The lowest BCUT2D eigenvalue weighted by Gasteiger charge is -2.15. The van der Waals surface area contributed by atoms with Gasteiger partial charge in [-0.15, -0.1) is 0 Å². The molecular formula is C16H15ClFN3O2. The molecule has 0 saturated carbocycles. The summed E-state index contributed by atoms with van der Waals surface area (Å²) in [4.78, 5) is 24.1. The van der Waals surface area contributed by atoms with Crippen LogP contribution in [0.3, 0.4) is 0 Å². The molecular weight excluding hydrogens is 321 g/mol. The van der Waals surface area contributed by atoms with Crippen LogP contribution in [-0.2, 0) is 24.2 Å². The topological polar surface area (TPSA) is 64.0 Å². The average Bonchev–Trinajstić information content (AvgIpc) is 2.51. The fourth-order valence-electron chi connectivity index (χ4n) is 2.62. The first-order valence-corrected chi connectivity index (χ1v) is 7.75. The van der Waals surface area contributed by atoms with Crippen LogP contribution in [0.25, 0.3) is 0 Å². The molecule has 3 rings (SSSR count). The van der Waals surface area contributed by atoms with Gasteiger partial charge in [-0.1, -0.05) is 11.6 Å². The summed E-state index contributed by atoms with van der Waals surface area (Å²) >= 11 is 5.67. The number of nitrogens with one attached hydrogen (secondary N) is 1. The Morgan fingerprint density at radius 2 is 2.09 bits per heavy atom. The second-order valence-electron chi connectivity index (χ2n) is 5.50. The summed E-state index contributed by atoms with van der Waals surface area (Å²) in [5.74, 6) is -0.977. The van der Waals surface area contributed by atoms with Gasteiger partial charge in [0, 0.05) is 11.8 Å². The van der Waals surface area contributed by atoms with Crippen molar-refractivity contribution < 1.29 is 9.18 Å². The average molecular weight is 336 g/mol. The number of benzene rings is 1. The van der Waals surface area contributed by atoms with E-state index in [0.29, 0.717) is 5.69 Å². The van der Waals surface area contributed by atoms with Crippen LogP contribution in [0.1, 0.15) is 24.1 Å². The predicted octanol–water partition coefficient (Wildman–Crippen LogP) is 2.55. The zero-order chi connectivity index (χ0) is 16.4. The third kappa shape index (κ3) is 3.59. The van der Waals surface area contributed by atoms with Gasteiger partial charge in [-0.05, 0) is 49.4 Å². The van der Waals surface area contributed by atoms with E-state index in [-0.39, 0.29) is 17.1 Å². The maximum absolute atomic E-state index is 13.1. The fourth-order valence-corrected chi connectivity index (χ4v) is 2.81. The SMILES string of the molecule is O=C(Cn1nc2c(cc1=O)CCCC2)Nc1ccc(F)c(Cl)c1. The molecule has 0 fully saturated rings. The van der Waals surface area contributed by atoms with Gasteiger partial charge in [-0.3, -0.25) is 9.59 Å². The molecule has 23 heavy (non-hydrogen) atoms. The summed E-state index contributed by atoms with van der Waals surface area (Å²) in [6, 6.07) is 5.45. The molecule has 0 unspecified atom stereocenters. The van der Waals surface area contributed by atoms with Crippen molar-refractivity contribution >= 4 is 23.2 Å². The molecule has 0 aliphatic heterocycles. The number of aromatic nitrogens is 2. The lowest BCUT2D eigenvalue weighted by Crippen LogP contribution is -2.31. The second kappa shape index (κ2) is 6.50. The Morgan fingerprint density at radius 3 is 2.87 bits per heavy atom. The summed E-state index contributed by atoms with van der Waals surface area (Å²) < 4.78 is 14.3. The first kappa shape index (κ1) is 15.7. The van der Waals surface area contributed by atoms with Crippen molar-refractivity contribution in [1.29, 1.82) is 0 Å². The van der Waals surface area contributed by atoms with Crippen molar-refractivity contribution in [2.75, 3.05) is 5.32 Å². The Labute approximate surface area is 137 Å². The number of hydrogen-bond donors (Lipinski definition) is 1. The summed E-state index contributed by atoms with van der Waals surface area (Å²) in [5.41, 5.74) is 1.93. The molecule has 0 spiro atoms. The number of fused-ring (bicyclic) bond motifs is 1. The van der Waals surface area contributed by atoms with E-state index >= 15 is 0 Å². The molecule has 0 atom stereocenters. The van der Waals surface area contributed by atoms with E-state index in [1.54, 1.807) is 6.07 Å². The number of hydrogen-bond acceptors (Lipinski definition) is 3. The van der Waals surface area contributed by atoms with Gasteiger partial charge in [0.1, 0.15) is 12.4 Å². The number of halogens is 2. The molecule has 1 N–H and O–H groups in total. The van der Waals surface area contributed by atoms with Gasteiger partial charge in [0.05, 0.1) is 10.7 Å². The van der Waals surface area contributed by atoms with Crippen LogP contribution < -0.4 is 10.9 Å². The zero-order valence-electron chi connectivity index (χ0n) is 12.3. The fraction of sp³-hybridized carbons (Fsp3) is 0.312. The lowest BCUT2D eigenvalue weighted by atomic mass is 9.97. The predicted molar refractivity (Wildman–Crippen MR) is 85.2 cm³/mol. The van der Waals surface area contributed by atoms with Crippen LogP contribution in [0.15, 0.2) is 29.1 Å². The maximum atomic E-state index is 13.1. The maximum Gasteiger partial charge on any atom is 0.267 e. The van der Waals surface area contributed by atoms with Crippen LogP contribution >= 0.6 is 11.6 Å². The normalized spacial score (nSPS) is 13.5. The number of anilines is 1. The Morgan fingerprint density at radius 1 is 1.30 bits per heavy atom. The monoisotopic (exact) mass is 335 g/mol. The quantitative estimate of drug-likeness (QED) is 0.937. The second-order valence-corrected chi connectivity index (χ2v) is 5.90. The van der Waals surface area contributed by atoms with E-state index in [0.717, 1.165) is 41.6 Å². The smallest absolute Gasteiger partial charge is 0.267 e. The van der Waals surface area contributed by atoms with Crippen LogP contribution in [-0.4, -0.2) is 15.7 Å². The molecule has 2 aromatic rings. The Balaban J connectivity index is 1.75. The van der Waals surface area contributed by atoms with Gasteiger partial charge < -0.3 is 5.32 Å². The van der Waals surface area contributed by atoms with Gasteiger partial charge in [0.2, 0.25) is 5.91 Å². The van der Waals surface area contributed by atoms with Crippen molar-refractivity contribution in [3.05, 3.63) is 56.7 Å². The van der Waals surface area contributed by atoms with Crippen LogP contribution in [0.2, 0.25) is 5.02 Å². The molecule has 1 aromatic carbocycles. The van der Waals surface area contributed by atoms with Gasteiger partial charge in [0.25, 0.3) is 5.56 Å². The number of rotatable bonds is 3. The molecule has 120 valence electrons. The molecule has 1 heterocycles. The summed E-state index contributed by atoms with van der Waals surface area (Å²) in [6.07, 6.45) is 3.78. The molecule has 5 nitrogen and oxygen atoms in total. The molecule has 7 heteroatoms. The molecule has 1 aliphatic rings. The summed E-state index contributed by atoms with van der Waals surface area (Å²) in [5, 5.41) is 6.78. The third-order valence-corrected chi connectivity index (χ3v) is 4.06. The molecule has 1 aliphatic carbocycles. The standard InChI is InChI=1S/C16H15ClFN3O2/c17-12-8-11(5-6-13(12)18)19-15(22)9-21-16(23)7-10-3-1-2-4-14(10)20-21/h5-8H,1-4,9H2,(H,19,22). The van der Waals surface area contributed by atoms with Crippen molar-refractivity contribution in [1.82, 2.24) is 9.78 Å². The van der Waals surface area contributed by atoms with E-state index in [4.69, 9.17) is 11.6 Å². The van der Waals surface area contributed by atoms with Crippen molar-refractivity contribution in [3.8, 4) is 0 Å². The Kier molecular flexibility index (Phi) is 4.43. The zero-order valence-corrected chi connectivity index (χ0v) is 13.1. The molecule has 1 amide bonds. The first-order valence-electron chi connectivity index (χ1n) is 7.38. The highest BCUT2D eigenvalue weighted by Crippen LogP contribution is 2.19. The first-order chi connectivity index (χ1) is 11.0. The Hall–Kier alpha value is -2.21. The lowest BCUT2D eigenvalue weighted by molar-refractivity contribution is -0.117. The van der Waals surface area contributed by atoms with Gasteiger partial charge in [0.15, 0.2) is 0 Å². The van der Waals surface area contributed by atoms with Gasteiger partial charge >= 0.3 is 0 Å². The van der Waals surface area contributed by atoms with Crippen LogP contribution in [0, 0.1) is 5.82 Å². The van der Waals surface area contributed by atoms with Gasteiger partial charge in [-0.25, -0.2) is 9.07 Å². The largest absolute Gasteiger partial charge is 0.324 e. The van der Waals surface area contributed by atoms with Gasteiger partial charge in [-0.2, -0.15) is 5.10 Å². The van der Waals surface area contributed by atoms with E-state index in [1.807, 2.05) is 0 Å². The summed E-state index contributed by atoms with van der Waals surface area (Å²) in [6.45, 7) is -0.193. The number of carbonyl (C=O) groups is 1. The van der Waals surface area contributed by atoms with E-state index in [1.165, 1.54) is 18.2 Å². The minimum atomic E-state index is -0.558. The number of nitrogens with zero attached hydrogens (tertiary/aromatic N) is 2. The van der Waals surface area contributed by atoms with Crippen LogP contribution in [0.5, 0.6) is 0 Å². The van der Waals surface area contributed by atoms with Crippen molar-refractivity contribution in [2.45, 2.75) is 32.2 Å². The minimum absolute atomic E-state index is 0.0770. The molecule has 1 aromatic heterocycles. The van der Waals surface area contributed by atoms with E-state index in [9.17, 15) is 14.0 Å². The number of carbonyl (C=O) groups excluding carboxylic acids is 1.